The SMILES string of the molecule is CCOc1ccc(C(=O)N(C)Cc2nc3ccsc3c(=O)[nH]2)cc1OCC. The molecule has 0 bridgehead atoms. The Kier molecular flexibility index (Phi) is 5.75. The summed E-state index contributed by atoms with van der Waals surface area (Å²) >= 11 is 1.34. The third-order valence-electron chi connectivity index (χ3n) is 3.89. The van der Waals surface area contributed by atoms with Gasteiger partial charge in [0, 0.05) is 12.6 Å². The van der Waals surface area contributed by atoms with Crippen LogP contribution < -0.4 is 15.0 Å². The zero-order chi connectivity index (χ0) is 19.4. The molecule has 1 N–H and O–H groups in total. The van der Waals surface area contributed by atoms with Gasteiger partial charge < -0.3 is 19.4 Å². The Balaban J connectivity index is 1.81. The average molecular weight is 387 g/mol. The molecule has 3 aromatic rings. The number of H-pyrrole nitrogens is 1. The molecular weight excluding hydrogens is 366 g/mol. The molecular formula is C19H21N3O4S. The highest BCUT2D eigenvalue weighted by Crippen LogP contribution is 2.29. The summed E-state index contributed by atoms with van der Waals surface area (Å²) in [6, 6.07) is 6.89. The molecule has 142 valence electrons. The van der Waals surface area contributed by atoms with E-state index in [1.54, 1.807) is 31.3 Å². The summed E-state index contributed by atoms with van der Waals surface area (Å²) in [7, 11) is 1.66. The average Bonchev–Trinajstić information content (AvgIpc) is 3.12. The van der Waals surface area contributed by atoms with E-state index in [0.717, 1.165) is 0 Å². The van der Waals surface area contributed by atoms with Crippen LogP contribution in [0.4, 0.5) is 0 Å². The predicted octanol–water partition coefficient (Wildman–Crippen LogP) is 3.05. The standard InChI is InChI=1S/C19H21N3O4S/c1-4-25-14-7-6-12(10-15(14)26-5-2)19(24)22(3)11-16-20-13-8-9-27-17(13)18(23)21-16/h6-10H,4-5,11H2,1-3H3,(H,20,21,23). The summed E-state index contributed by atoms with van der Waals surface area (Å²) < 4.78 is 11.7. The maximum Gasteiger partial charge on any atom is 0.268 e. The number of aromatic amines is 1. The molecule has 27 heavy (non-hydrogen) atoms. The number of rotatable bonds is 7. The first-order valence-corrected chi connectivity index (χ1v) is 9.53. The number of hydrogen-bond acceptors (Lipinski definition) is 6. The van der Waals surface area contributed by atoms with Crippen LogP contribution in [-0.2, 0) is 6.54 Å². The number of fused-ring (bicyclic) bond motifs is 1. The maximum atomic E-state index is 12.8. The molecule has 0 fully saturated rings. The maximum absolute atomic E-state index is 12.8. The van der Waals surface area contributed by atoms with E-state index in [9.17, 15) is 9.59 Å². The smallest absolute Gasteiger partial charge is 0.268 e. The molecule has 0 atom stereocenters. The number of nitrogens with zero attached hydrogens (tertiary/aromatic N) is 2. The van der Waals surface area contributed by atoms with E-state index in [2.05, 4.69) is 9.97 Å². The van der Waals surface area contributed by atoms with Gasteiger partial charge in [0.05, 0.1) is 25.3 Å². The summed E-state index contributed by atoms with van der Waals surface area (Å²) in [6.07, 6.45) is 0. The van der Waals surface area contributed by atoms with Crippen molar-refractivity contribution in [2.45, 2.75) is 20.4 Å². The van der Waals surface area contributed by atoms with E-state index in [1.807, 2.05) is 19.2 Å². The summed E-state index contributed by atoms with van der Waals surface area (Å²) in [5.74, 6) is 1.38. The monoisotopic (exact) mass is 387 g/mol. The lowest BCUT2D eigenvalue weighted by molar-refractivity contribution is 0.0781. The fourth-order valence-corrected chi connectivity index (χ4v) is 3.42. The Bertz CT molecular complexity index is 1010. The van der Waals surface area contributed by atoms with Crippen molar-refractivity contribution in [2.24, 2.45) is 0 Å². The zero-order valence-electron chi connectivity index (χ0n) is 15.4. The van der Waals surface area contributed by atoms with Crippen molar-refractivity contribution >= 4 is 27.5 Å². The molecule has 0 saturated carbocycles. The first-order chi connectivity index (χ1) is 13.0. The van der Waals surface area contributed by atoms with Gasteiger partial charge in [-0.2, -0.15) is 0 Å². The van der Waals surface area contributed by atoms with Crippen molar-refractivity contribution in [3.8, 4) is 11.5 Å². The van der Waals surface area contributed by atoms with Crippen LogP contribution in [-0.4, -0.2) is 41.0 Å². The minimum atomic E-state index is -0.202. The molecule has 0 aliphatic heterocycles. The Hall–Kier alpha value is -2.87. The lowest BCUT2D eigenvalue weighted by Gasteiger charge is -2.18. The fraction of sp³-hybridized carbons (Fsp3) is 0.316. The van der Waals surface area contributed by atoms with E-state index >= 15 is 0 Å². The molecule has 3 rings (SSSR count). The molecule has 2 aromatic heterocycles. The van der Waals surface area contributed by atoms with Gasteiger partial charge in [0.1, 0.15) is 10.5 Å². The van der Waals surface area contributed by atoms with Gasteiger partial charge in [-0.3, -0.25) is 9.59 Å². The van der Waals surface area contributed by atoms with Crippen LogP contribution >= 0.6 is 11.3 Å². The normalized spacial score (nSPS) is 10.8. The molecule has 1 aromatic carbocycles. The highest BCUT2D eigenvalue weighted by Gasteiger charge is 2.17. The summed E-state index contributed by atoms with van der Waals surface area (Å²) in [4.78, 5) is 33.5. The molecule has 0 aliphatic carbocycles. The quantitative estimate of drug-likeness (QED) is 0.674. The number of thiophene rings is 1. The Morgan fingerprint density at radius 2 is 1.93 bits per heavy atom. The number of carbonyl (C=O) groups excluding carboxylic acids is 1. The van der Waals surface area contributed by atoms with Gasteiger partial charge in [0.15, 0.2) is 11.5 Å². The Morgan fingerprint density at radius 1 is 1.19 bits per heavy atom. The molecule has 8 heteroatoms. The van der Waals surface area contributed by atoms with Gasteiger partial charge in [0.2, 0.25) is 0 Å². The topological polar surface area (TPSA) is 84.5 Å². The third kappa shape index (κ3) is 4.11. The van der Waals surface area contributed by atoms with Crippen LogP contribution in [0, 0.1) is 0 Å². The van der Waals surface area contributed by atoms with Crippen molar-refractivity contribution in [1.29, 1.82) is 0 Å². The van der Waals surface area contributed by atoms with Crippen molar-refractivity contribution in [3.05, 3.63) is 51.4 Å². The van der Waals surface area contributed by atoms with E-state index in [-0.39, 0.29) is 18.0 Å². The summed E-state index contributed by atoms with van der Waals surface area (Å²) in [5.41, 5.74) is 0.924. The van der Waals surface area contributed by atoms with Crippen molar-refractivity contribution in [2.75, 3.05) is 20.3 Å². The number of nitrogens with one attached hydrogen (secondary N) is 1. The number of benzene rings is 1. The van der Waals surface area contributed by atoms with Crippen LogP contribution in [0.25, 0.3) is 10.2 Å². The molecule has 2 heterocycles. The lowest BCUT2D eigenvalue weighted by atomic mass is 10.1. The number of ether oxygens (including phenoxy) is 2. The molecule has 0 saturated heterocycles. The van der Waals surface area contributed by atoms with E-state index in [4.69, 9.17) is 9.47 Å². The van der Waals surface area contributed by atoms with Gasteiger partial charge in [0.25, 0.3) is 11.5 Å². The number of hydrogen-bond donors (Lipinski definition) is 1. The molecule has 7 nitrogen and oxygen atoms in total. The Morgan fingerprint density at radius 3 is 2.67 bits per heavy atom. The first kappa shape index (κ1) is 18.9. The molecule has 1 amide bonds. The van der Waals surface area contributed by atoms with E-state index in [0.29, 0.717) is 46.3 Å². The van der Waals surface area contributed by atoms with Crippen LogP contribution in [0.5, 0.6) is 11.5 Å². The van der Waals surface area contributed by atoms with Gasteiger partial charge in [-0.1, -0.05) is 0 Å². The van der Waals surface area contributed by atoms with Crippen LogP contribution in [0.1, 0.15) is 30.0 Å². The molecule has 0 aliphatic rings. The molecule has 0 spiro atoms. The number of aromatic nitrogens is 2. The first-order valence-electron chi connectivity index (χ1n) is 8.65. The second kappa shape index (κ2) is 8.22. The zero-order valence-corrected chi connectivity index (χ0v) is 16.3. The number of carbonyl (C=O) groups is 1. The minimum Gasteiger partial charge on any atom is -0.490 e. The van der Waals surface area contributed by atoms with Crippen LogP contribution in [0.3, 0.4) is 0 Å². The van der Waals surface area contributed by atoms with Crippen LogP contribution in [0.15, 0.2) is 34.4 Å². The second-order valence-corrected chi connectivity index (χ2v) is 6.75. The van der Waals surface area contributed by atoms with Crippen molar-refractivity contribution in [3.63, 3.8) is 0 Å². The van der Waals surface area contributed by atoms with E-state index < -0.39 is 0 Å². The van der Waals surface area contributed by atoms with Gasteiger partial charge >= 0.3 is 0 Å². The lowest BCUT2D eigenvalue weighted by Crippen LogP contribution is -2.28. The highest BCUT2D eigenvalue weighted by atomic mass is 32.1. The third-order valence-corrected chi connectivity index (χ3v) is 4.79. The minimum absolute atomic E-state index is 0.189. The van der Waals surface area contributed by atoms with Crippen molar-refractivity contribution < 1.29 is 14.3 Å². The predicted molar refractivity (Wildman–Crippen MR) is 105 cm³/mol. The summed E-state index contributed by atoms with van der Waals surface area (Å²) in [6.45, 7) is 4.94. The summed E-state index contributed by atoms with van der Waals surface area (Å²) in [5, 5.41) is 1.82. The van der Waals surface area contributed by atoms with Crippen molar-refractivity contribution in [1.82, 2.24) is 14.9 Å². The highest BCUT2D eigenvalue weighted by molar-refractivity contribution is 7.17. The van der Waals surface area contributed by atoms with Gasteiger partial charge in [-0.15, -0.1) is 11.3 Å². The molecule has 0 radical (unpaired) electrons. The van der Waals surface area contributed by atoms with Gasteiger partial charge in [-0.05, 0) is 43.5 Å². The Labute approximate surface area is 160 Å². The van der Waals surface area contributed by atoms with E-state index in [1.165, 1.54) is 16.2 Å². The van der Waals surface area contributed by atoms with Crippen LogP contribution in [0.2, 0.25) is 0 Å². The molecule has 0 unspecified atom stereocenters. The number of amides is 1. The second-order valence-electron chi connectivity index (χ2n) is 5.84. The fourth-order valence-electron chi connectivity index (χ4n) is 2.70. The largest absolute Gasteiger partial charge is 0.490 e. The van der Waals surface area contributed by atoms with Gasteiger partial charge in [-0.25, -0.2) is 4.98 Å².